The third-order valence-corrected chi connectivity index (χ3v) is 6.49. The summed E-state index contributed by atoms with van der Waals surface area (Å²) in [4.78, 5) is 42.3. The average Bonchev–Trinajstić information content (AvgIpc) is 3.31. The van der Waals surface area contributed by atoms with Crippen LogP contribution in [0.25, 0.3) is 0 Å². The molecule has 0 aliphatic carbocycles. The Bertz CT molecular complexity index is 846. The Morgan fingerprint density at radius 3 is 2.47 bits per heavy atom. The number of amides is 3. The number of methoxy groups -OCH3 is 1. The van der Waals surface area contributed by atoms with Crippen LogP contribution in [0.3, 0.4) is 0 Å². The van der Waals surface area contributed by atoms with Crippen LogP contribution in [0.2, 0.25) is 0 Å². The molecule has 1 aromatic carbocycles. The van der Waals surface area contributed by atoms with E-state index in [4.69, 9.17) is 14.2 Å². The van der Waals surface area contributed by atoms with E-state index in [-0.39, 0.29) is 37.0 Å². The van der Waals surface area contributed by atoms with E-state index in [9.17, 15) is 14.4 Å². The number of rotatable bonds is 6. The zero-order valence-electron chi connectivity index (χ0n) is 18.5. The molecule has 9 heteroatoms. The second-order valence-corrected chi connectivity index (χ2v) is 8.56. The van der Waals surface area contributed by atoms with Crippen LogP contribution in [0, 0.1) is 5.92 Å². The van der Waals surface area contributed by atoms with E-state index in [2.05, 4.69) is 5.32 Å². The summed E-state index contributed by atoms with van der Waals surface area (Å²) in [5, 5.41) is 3.01. The first-order chi connectivity index (χ1) is 15.6. The predicted octanol–water partition coefficient (Wildman–Crippen LogP) is 1.41. The molecule has 0 bridgehead atoms. The zero-order valence-corrected chi connectivity index (χ0v) is 18.5. The largest absolute Gasteiger partial charge is 0.454 e. The van der Waals surface area contributed by atoms with Crippen molar-refractivity contribution in [3.8, 4) is 11.5 Å². The number of carbonyl (C=O) groups is 3. The Morgan fingerprint density at radius 1 is 1.03 bits per heavy atom. The normalized spacial score (nSPS) is 19.5. The van der Waals surface area contributed by atoms with Crippen LogP contribution in [-0.4, -0.2) is 80.3 Å². The van der Waals surface area contributed by atoms with Gasteiger partial charge in [0.15, 0.2) is 11.5 Å². The summed E-state index contributed by atoms with van der Waals surface area (Å²) >= 11 is 0. The standard InChI is InChI=1S/C23H31N3O6/c1-30-14-20(27)25-11-7-16(8-12-25)21(23(29)26-9-3-2-4-10-26)24-22(28)17-5-6-18-19(13-17)32-15-31-18/h5-6,13,16,21H,2-4,7-12,14-15H2,1H3,(H,24,28). The molecule has 3 aliphatic rings. The molecule has 1 unspecified atom stereocenters. The van der Waals surface area contributed by atoms with Gasteiger partial charge in [-0.05, 0) is 56.2 Å². The van der Waals surface area contributed by atoms with Gasteiger partial charge in [0.05, 0.1) is 0 Å². The van der Waals surface area contributed by atoms with Gasteiger partial charge in [-0.2, -0.15) is 0 Å². The van der Waals surface area contributed by atoms with Gasteiger partial charge in [-0.3, -0.25) is 14.4 Å². The first-order valence-electron chi connectivity index (χ1n) is 11.3. The Balaban J connectivity index is 1.47. The lowest BCUT2D eigenvalue weighted by Gasteiger charge is -2.38. The quantitative estimate of drug-likeness (QED) is 0.711. The van der Waals surface area contributed by atoms with Gasteiger partial charge < -0.3 is 29.3 Å². The van der Waals surface area contributed by atoms with Crippen molar-refractivity contribution in [1.82, 2.24) is 15.1 Å². The number of benzene rings is 1. The molecule has 1 N–H and O–H groups in total. The average molecular weight is 446 g/mol. The number of carbonyl (C=O) groups excluding carboxylic acids is 3. The second kappa shape index (κ2) is 10.2. The van der Waals surface area contributed by atoms with E-state index in [0.29, 0.717) is 43.0 Å². The molecule has 1 aromatic rings. The summed E-state index contributed by atoms with van der Waals surface area (Å²) in [6.07, 6.45) is 4.40. The topological polar surface area (TPSA) is 97.4 Å². The number of hydrogen-bond acceptors (Lipinski definition) is 6. The van der Waals surface area contributed by atoms with Crippen LogP contribution in [0.4, 0.5) is 0 Å². The van der Waals surface area contributed by atoms with Crippen LogP contribution in [0.1, 0.15) is 42.5 Å². The molecular weight excluding hydrogens is 414 g/mol. The fourth-order valence-corrected chi connectivity index (χ4v) is 4.65. The molecule has 32 heavy (non-hydrogen) atoms. The highest BCUT2D eigenvalue weighted by Crippen LogP contribution is 2.32. The van der Waals surface area contributed by atoms with Gasteiger partial charge in [-0.15, -0.1) is 0 Å². The van der Waals surface area contributed by atoms with Gasteiger partial charge in [-0.1, -0.05) is 0 Å². The predicted molar refractivity (Wildman–Crippen MR) is 115 cm³/mol. The number of likely N-dealkylation sites (tertiary alicyclic amines) is 2. The highest BCUT2D eigenvalue weighted by Gasteiger charge is 2.36. The molecule has 0 aromatic heterocycles. The Kier molecular flexibility index (Phi) is 7.14. The van der Waals surface area contributed by atoms with Crippen molar-refractivity contribution in [3.63, 3.8) is 0 Å². The minimum absolute atomic E-state index is 0.0274. The molecular formula is C23H31N3O6. The van der Waals surface area contributed by atoms with Crippen LogP contribution in [0.5, 0.6) is 11.5 Å². The Hall–Kier alpha value is -2.81. The van der Waals surface area contributed by atoms with Gasteiger partial charge >= 0.3 is 0 Å². The molecule has 1 atom stereocenters. The van der Waals surface area contributed by atoms with Crippen LogP contribution >= 0.6 is 0 Å². The maximum absolute atomic E-state index is 13.4. The van der Waals surface area contributed by atoms with Crippen molar-refractivity contribution in [1.29, 1.82) is 0 Å². The lowest BCUT2D eigenvalue weighted by molar-refractivity contribution is -0.138. The third kappa shape index (κ3) is 4.98. The molecule has 0 radical (unpaired) electrons. The summed E-state index contributed by atoms with van der Waals surface area (Å²) in [6, 6.07) is 4.41. The smallest absolute Gasteiger partial charge is 0.252 e. The summed E-state index contributed by atoms with van der Waals surface area (Å²) in [5.74, 6) is 0.720. The molecule has 4 rings (SSSR count). The first kappa shape index (κ1) is 22.4. The monoisotopic (exact) mass is 445 g/mol. The van der Waals surface area contributed by atoms with Crippen LogP contribution in [0.15, 0.2) is 18.2 Å². The molecule has 9 nitrogen and oxygen atoms in total. The van der Waals surface area contributed by atoms with E-state index >= 15 is 0 Å². The summed E-state index contributed by atoms with van der Waals surface area (Å²) in [6.45, 7) is 2.74. The van der Waals surface area contributed by atoms with Crippen molar-refractivity contribution in [3.05, 3.63) is 23.8 Å². The van der Waals surface area contributed by atoms with Gasteiger partial charge in [0.1, 0.15) is 12.6 Å². The number of piperidine rings is 2. The lowest BCUT2D eigenvalue weighted by Crippen LogP contribution is -2.55. The maximum Gasteiger partial charge on any atom is 0.252 e. The van der Waals surface area contributed by atoms with Crippen LogP contribution < -0.4 is 14.8 Å². The molecule has 3 amide bonds. The number of nitrogens with one attached hydrogen (secondary N) is 1. The second-order valence-electron chi connectivity index (χ2n) is 8.56. The Labute approximate surface area is 188 Å². The van der Waals surface area contributed by atoms with Crippen LogP contribution in [-0.2, 0) is 14.3 Å². The summed E-state index contributed by atoms with van der Waals surface area (Å²) in [5.41, 5.74) is 0.429. The van der Waals surface area contributed by atoms with Crippen molar-refractivity contribution in [2.75, 3.05) is 46.7 Å². The number of ether oxygens (including phenoxy) is 3. The molecule has 0 saturated carbocycles. The molecule has 3 aliphatic heterocycles. The minimum Gasteiger partial charge on any atom is -0.454 e. The fourth-order valence-electron chi connectivity index (χ4n) is 4.65. The molecule has 2 saturated heterocycles. The van der Waals surface area contributed by atoms with Gasteiger partial charge in [0, 0.05) is 38.9 Å². The zero-order chi connectivity index (χ0) is 22.5. The van der Waals surface area contributed by atoms with E-state index < -0.39 is 6.04 Å². The molecule has 174 valence electrons. The highest BCUT2D eigenvalue weighted by atomic mass is 16.7. The molecule has 3 heterocycles. The lowest BCUT2D eigenvalue weighted by atomic mass is 9.87. The third-order valence-electron chi connectivity index (χ3n) is 6.49. The SMILES string of the molecule is COCC(=O)N1CCC(C(NC(=O)c2ccc3c(c2)OCO3)C(=O)N2CCCCC2)CC1. The number of fused-ring (bicyclic) bond motifs is 1. The Morgan fingerprint density at radius 2 is 1.75 bits per heavy atom. The van der Waals surface area contributed by atoms with Gasteiger partial charge in [0.2, 0.25) is 18.6 Å². The minimum atomic E-state index is -0.620. The number of hydrogen-bond donors (Lipinski definition) is 1. The first-order valence-corrected chi connectivity index (χ1v) is 11.3. The van der Waals surface area contributed by atoms with E-state index in [1.165, 1.54) is 7.11 Å². The number of nitrogens with zero attached hydrogens (tertiary/aromatic N) is 2. The maximum atomic E-state index is 13.4. The van der Waals surface area contributed by atoms with E-state index in [1.807, 2.05) is 4.90 Å². The highest BCUT2D eigenvalue weighted by molar-refractivity contribution is 5.98. The van der Waals surface area contributed by atoms with Gasteiger partial charge in [-0.25, -0.2) is 0 Å². The van der Waals surface area contributed by atoms with E-state index in [1.54, 1.807) is 23.1 Å². The van der Waals surface area contributed by atoms with E-state index in [0.717, 1.165) is 32.4 Å². The van der Waals surface area contributed by atoms with Crippen molar-refractivity contribution >= 4 is 17.7 Å². The summed E-state index contributed by atoms with van der Waals surface area (Å²) in [7, 11) is 1.50. The summed E-state index contributed by atoms with van der Waals surface area (Å²) < 4.78 is 15.7. The molecule has 2 fully saturated rings. The van der Waals surface area contributed by atoms with Crippen molar-refractivity contribution in [2.24, 2.45) is 5.92 Å². The molecule has 0 spiro atoms. The fraction of sp³-hybridized carbons (Fsp3) is 0.609. The van der Waals surface area contributed by atoms with Crippen molar-refractivity contribution in [2.45, 2.75) is 38.1 Å². The van der Waals surface area contributed by atoms with Gasteiger partial charge in [0.25, 0.3) is 5.91 Å². The van der Waals surface area contributed by atoms with Crippen molar-refractivity contribution < 1.29 is 28.6 Å².